The van der Waals surface area contributed by atoms with Gasteiger partial charge in [-0.05, 0) is 0 Å². The molecule has 80 valence electrons. The Kier molecular flexibility index (Phi) is 10.5. The lowest BCUT2D eigenvalue weighted by atomic mass is 10.4. The summed E-state index contributed by atoms with van der Waals surface area (Å²) in [5.74, 6) is 0. The summed E-state index contributed by atoms with van der Waals surface area (Å²) in [4.78, 5) is 0. The number of hydrogen-bond acceptors (Lipinski definition) is 0. The van der Waals surface area contributed by atoms with Gasteiger partial charge < -0.3 is 0 Å². The molecule has 0 aromatic rings. The molecule has 0 aliphatic rings. The van der Waals surface area contributed by atoms with E-state index in [1.54, 1.807) is 18.1 Å². The maximum atomic E-state index is 2.32. The van der Waals surface area contributed by atoms with Gasteiger partial charge in [0.2, 0.25) is 0 Å². The average molecular weight is 199 g/mol. The smallest absolute Gasteiger partial charge is 0.0589 e. The summed E-state index contributed by atoms with van der Waals surface area (Å²) in [6, 6.07) is 4.75. The lowest BCUT2D eigenvalue weighted by molar-refractivity contribution is 0.812. The van der Waals surface area contributed by atoms with Crippen molar-refractivity contribution in [3.63, 3.8) is 0 Å². The summed E-state index contributed by atoms with van der Waals surface area (Å²) in [7, 11) is 0.0675. The Balaban J connectivity index is 3.47. The molecule has 0 atom stereocenters. The molecule has 0 N–H and O–H groups in total. The van der Waals surface area contributed by atoms with Crippen LogP contribution in [-0.2, 0) is 0 Å². The van der Waals surface area contributed by atoms with E-state index in [0.29, 0.717) is 0 Å². The van der Waals surface area contributed by atoms with Crippen LogP contribution >= 0.6 is 0 Å². The predicted molar refractivity (Wildman–Crippen MR) is 64.9 cm³/mol. The SMILES string of the molecule is CCCC[Si-](CCCC)CCCC. The Morgan fingerprint density at radius 3 is 1.15 bits per heavy atom. The quantitative estimate of drug-likeness (QED) is 0.464. The number of rotatable bonds is 9. The minimum Gasteiger partial charge on any atom is -0.260 e. The third-order valence-electron chi connectivity index (χ3n) is 2.65. The normalized spacial score (nSPS) is 11.1. The van der Waals surface area contributed by atoms with Gasteiger partial charge in [0.15, 0.2) is 0 Å². The molecule has 0 unspecified atom stereocenters. The summed E-state index contributed by atoms with van der Waals surface area (Å²) in [5, 5.41) is 0. The second-order valence-corrected chi connectivity index (χ2v) is 7.06. The highest BCUT2D eigenvalue weighted by atomic mass is 28.3. The van der Waals surface area contributed by atoms with E-state index in [2.05, 4.69) is 20.8 Å². The molecule has 0 heterocycles. The maximum absolute atomic E-state index is 2.32. The highest BCUT2D eigenvalue weighted by Gasteiger charge is 1.94. The Labute approximate surface area is 86.7 Å². The second kappa shape index (κ2) is 10.3. The monoisotopic (exact) mass is 199 g/mol. The van der Waals surface area contributed by atoms with E-state index in [-0.39, 0.29) is 8.80 Å². The molecule has 1 heteroatoms. The van der Waals surface area contributed by atoms with E-state index in [4.69, 9.17) is 0 Å². The number of hydrogen-bond donors (Lipinski definition) is 0. The van der Waals surface area contributed by atoms with E-state index in [0.717, 1.165) is 0 Å². The van der Waals surface area contributed by atoms with Crippen molar-refractivity contribution in [3.8, 4) is 0 Å². The van der Waals surface area contributed by atoms with Crippen molar-refractivity contribution in [2.75, 3.05) is 0 Å². The van der Waals surface area contributed by atoms with E-state index >= 15 is 0 Å². The molecule has 0 bridgehead atoms. The Morgan fingerprint density at radius 2 is 0.923 bits per heavy atom. The van der Waals surface area contributed by atoms with Gasteiger partial charge in [-0.1, -0.05) is 59.3 Å². The highest BCUT2D eigenvalue weighted by molar-refractivity contribution is 6.58. The zero-order valence-electron chi connectivity index (χ0n) is 9.86. The molecule has 13 heavy (non-hydrogen) atoms. The fourth-order valence-electron chi connectivity index (χ4n) is 1.66. The van der Waals surface area contributed by atoms with Crippen molar-refractivity contribution in [1.82, 2.24) is 0 Å². The van der Waals surface area contributed by atoms with Gasteiger partial charge in [-0.15, -0.1) is 0 Å². The molecule has 0 rings (SSSR count). The van der Waals surface area contributed by atoms with Crippen LogP contribution in [0.3, 0.4) is 0 Å². The molecule has 0 amide bonds. The summed E-state index contributed by atoms with van der Waals surface area (Å²) in [6.07, 6.45) is 8.65. The van der Waals surface area contributed by atoms with E-state index < -0.39 is 0 Å². The largest absolute Gasteiger partial charge is 0.260 e. The summed E-state index contributed by atoms with van der Waals surface area (Å²) < 4.78 is 0. The maximum Gasteiger partial charge on any atom is -0.0589 e. The highest BCUT2D eigenvalue weighted by Crippen LogP contribution is 2.16. The van der Waals surface area contributed by atoms with Crippen molar-refractivity contribution >= 4 is 8.80 Å². The zero-order chi connectivity index (χ0) is 9.94. The lowest BCUT2D eigenvalue weighted by Gasteiger charge is -2.28. The van der Waals surface area contributed by atoms with Gasteiger partial charge in [0.05, 0.1) is 0 Å². The molecule has 0 saturated heterocycles. The fraction of sp³-hybridized carbons (Fsp3) is 1.00. The van der Waals surface area contributed by atoms with E-state index in [1.807, 2.05) is 0 Å². The minimum absolute atomic E-state index is 0.0675. The summed E-state index contributed by atoms with van der Waals surface area (Å²) >= 11 is 0. The molecule has 0 aromatic carbocycles. The molecule has 0 saturated carbocycles. The van der Waals surface area contributed by atoms with Crippen LogP contribution in [0.2, 0.25) is 18.1 Å². The van der Waals surface area contributed by atoms with Crippen LogP contribution in [0, 0.1) is 0 Å². The van der Waals surface area contributed by atoms with Crippen LogP contribution < -0.4 is 0 Å². The van der Waals surface area contributed by atoms with Crippen molar-refractivity contribution < 1.29 is 0 Å². The van der Waals surface area contributed by atoms with Crippen molar-refractivity contribution in [3.05, 3.63) is 0 Å². The van der Waals surface area contributed by atoms with Crippen LogP contribution in [0.5, 0.6) is 0 Å². The predicted octanol–water partition coefficient (Wildman–Crippen LogP) is 4.88. The second-order valence-electron chi connectivity index (χ2n) is 4.06. The Bertz CT molecular complexity index is 72.1. The molecule has 0 aromatic heterocycles. The lowest BCUT2D eigenvalue weighted by Crippen LogP contribution is -2.11. The van der Waals surface area contributed by atoms with Crippen molar-refractivity contribution in [2.24, 2.45) is 0 Å². The molecule has 0 radical (unpaired) electrons. The molecule has 0 spiro atoms. The van der Waals surface area contributed by atoms with Gasteiger partial charge in [0.25, 0.3) is 0 Å². The van der Waals surface area contributed by atoms with Gasteiger partial charge in [0.1, 0.15) is 0 Å². The van der Waals surface area contributed by atoms with Crippen LogP contribution in [0.25, 0.3) is 0 Å². The Hall–Kier alpha value is 0.217. The molecule has 0 aliphatic carbocycles. The van der Waals surface area contributed by atoms with Crippen LogP contribution in [-0.4, -0.2) is 8.80 Å². The summed E-state index contributed by atoms with van der Waals surface area (Å²) in [5.41, 5.74) is 0. The van der Waals surface area contributed by atoms with Crippen molar-refractivity contribution in [1.29, 1.82) is 0 Å². The third kappa shape index (κ3) is 8.54. The van der Waals surface area contributed by atoms with Crippen LogP contribution in [0.4, 0.5) is 0 Å². The van der Waals surface area contributed by atoms with Gasteiger partial charge in [-0.3, -0.25) is 8.80 Å². The summed E-state index contributed by atoms with van der Waals surface area (Å²) in [6.45, 7) is 6.96. The van der Waals surface area contributed by atoms with Gasteiger partial charge in [-0.25, -0.2) is 0 Å². The zero-order valence-corrected chi connectivity index (χ0v) is 10.9. The Morgan fingerprint density at radius 1 is 0.615 bits per heavy atom. The first-order valence-electron chi connectivity index (χ1n) is 6.18. The van der Waals surface area contributed by atoms with Crippen LogP contribution in [0.1, 0.15) is 59.3 Å². The number of unbranched alkanes of at least 4 members (excludes halogenated alkanes) is 3. The van der Waals surface area contributed by atoms with Crippen molar-refractivity contribution in [2.45, 2.75) is 77.4 Å². The minimum atomic E-state index is 0.0675. The molecule has 0 fully saturated rings. The average Bonchev–Trinajstić information content (AvgIpc) is 2.17. The topological polar surface area (TPSA) is 0 Å². The first-order valence-corrected chi connectivity index (χ1v) is 8.30. The van der Waals surface area contributed by atoms with Crippen LogP contribution in [0.15, 0.2) is 0 Å². The van der Waals surface area contributed by atoms with Gasteiger partial charge >= 0.3 is 0 Å². The molecule has 0 nitrogen and oxygen atoms in total. The first-order chi connectivity index (χ1) is 6.35. The van der Waals surface area contributed by atoms with Gasteiger partial charge in [-0.2, -0.15) is 18.1 Å². The molecule has 0 aliphatic heterocycles. The third-order valence-corrected chi connectivity index (χ3v) is 5.83. The fourth-order valence-corrected chi connectivity index (χ4v) is 4.97. The van der Waals surface area contributed by atoms with E-state index in [9.17, 15) is 0 Å². The standard InChI is InChI=1S/C12H27Si/c1-4-7-10-13(11-8-5-2)12-9-6-3/h4-12H2,1-3H3/q-1. The van der Waals surface area contributed by atoms with E-state index in [1.165, 1.54) is 38.5 Å². The molecular weight excluding hydrogens is 172 g/mol. The van der Waals surface area contributed by atoms with Gasteiger partial charge in [0, 0.05) is 0 Å². The molecular formula is C12H27Si-. The first kappa shape index (κ1) is 13.2.